The van der Waals surface area contributed by atoms with Crippen LogP contribution in [-0.2, 0) is 14.3 Å². The summed E-state index contributed by atoms with van der Waals surface area (Å²) in [5, 5.41) is 16.3. The van der Waals surface area contributed by atoms with Crippen LogP contribution >= 0.6 is 0 Å². The van der Waals surface area contributed by atoms with E-state index in [4.69, 9.17) is 4.74 Å². The number of aryl methyl sites for hydroxylation is 2. The second kappa shape index (κ2) is 11.3. The Morgan fingerprint density at radius 2 is 1.57 bits per heavy atom. The van der Waals surface area contributed by atoms with Crippen molar-refractivity contribution in [2.24, 2.45) is 5.92 Å². The highest BCUT2D eigenvalue weighted by Gasteiger charge is 2.36. The van der Waals surface area contributed by atoms with E-state index in [-0.39, 0.29) is 17.2 Å². The fourth-order valence-electron chi connectivity index (χ4n) is 3.64. The quantitative estimate of drug-likeness (QED) is 0.529. The van der Waals surface area contributed by atoms with Crippen LogP contribution in [-0.4, -0.2) is 46.6 Å². The predicted molar refractivity (Wildman–Crippen MR) is 136 cm³/mol. The lowest BCUT2D eigenvalue weighted by Gasteiger charge is -2.33. The van der Waals surface area contributed by atoms with Crippen molar-refractivity contribution < 1.29 is 24.2 Å². The van der Waals surface area contributed by atoms with Gasteiger partial charge in [-0.2, -0.15) is 0 Å². The number of hydrogen-bond acceptors (Lipinski definition) is 5. The van der Waals surface area contributed by atoms with Crippen molar-refractivity contribution in [1.29, 1.82) is 0 Å². The minimum absolute atomic E-state index is 0.0710. The molecule has 0 saturated heterocycles. The molecule has 0 fully saturated rings. The van der Waals surface area contributed by atoms with Gasteiger partial charge >= 0.3 is 6.09 Å². The van der Waals surface area contributed by atoms with Gasteiger partial charge in [0.1, 0.15) is 23.4 Å². The maximum atomic E-state index is 13.6. The Bertz CT molecular complexity index is 1070. The van der Waals surface area contributed by atoms with E-state index in [0.717, 1.165) is 5.56 Å². The molecule has 2 aromatic rings. The van der Waals surface area contributed by atoms with Crippen molar-refractivity contribution in [2.45, 2.75) is 66.2 Å². The number of phenolic OH excluding ortho intramolecular Hbond substituents is 1. The van der Waals surface area contributed by atoms with Gasteiger partial charge in [0.05, 0.1) is 0 Å². The summed E-state index contributed by atoms with van der Waals surface area (Å²) in [5.74, 6) is -1.34. The Balaban J connectivity index is 2.44. The Labute approximate surface area is 207 Å². The lowest BCUT2D eigenvalue weighted by atomic mass is 9.97. The number of nitrogens with zero attached hydrogens (tertiary/aromatic N) is 1. The number of phenols is 1. The molecule has 0 aliphatic carbocycles. The highest BCUT2D eigenvalue weighted by Crippen LogP contribution is 2.32. The number of alkyl carbamates (subject to hydrolysis) is 1. The number of nitrogens with one attached hydrogen (secondary N) is 2. The zero-order valence-corrected chi connectivity index (χ0v) is 21.8. The number of para-hydroxylation sites is 2. The Hall–Kier alpha value is -3.55. The highest BCUT2D eigenvalue weighted by atomic mass is 16.6. The molecule has 0 radical (unpaired) electrons. The SMILES string of the molecule is Cc1ccccc1NC(=O)C(c1cccc(C)c1O)N(C)C(=O)C(NC(=O)OC(C)(C)C)C(C)C. The lowest BCUT2D eigenvalue weighted by Crippen LogP contribution is -2.53. The van der Waals surface area contributed by atoms with Gasteiger partial charge in [0.2, 0.25) is 5.91 Å². The monoisotopic (exact) mass is 483 g/mol. The summed E-state index contributed by atoms with van der Waals surface area (Å²) in [7, 11) is 1.48. The maximum Gasteiger partial charge on any atom is 0.408 e. The number of anilines is 1. The third kappa shape index (κ3) is 7.21. The first-order chi connectivity index (χ1) is 16.2. The van der Waals surface area contributed by atoms with E-state index in [1.54, 1.807) is 71.9 Å². The number of benzene rings is 2. The molecule has 2 aromatic carbocycles. The molecule has 190 valence electrons. The van der Waals surface area contributed by atoms with E-state index >= 15 is 0 Å². The van der Waals surface area contributed by atoms with Crippen molar-refractivity contribution in [3.63, 3.8) is 0 Å². The van der Waals surface area contributed by atoms with Gasteiger partial charge in [-0.25, -0.2) is 4.79 Å². The first-order valence-electron chi connectivity index (χ1n) is 11.6. The molecule has 0 bridgehead atoms. The summed E-state index contributed by atoms with van der Waals surface area (Å²) < 4.78 is 5.33. The fourth-order valence-corrected chi connectivity index (χ4v) is 3.64. The lowest BCUT2D eigenvalue weighted by molar-refractivity contribution is -0.140. The minimum atomic E-state index is -1.15. The number of amides is 3. The van der Waals surface area contributed by atoms with Crippen LogP contribution in [0.5, 0.6) is 5.75 Å². The molecule has 3 amide bonds. The van der Waals surface area contributed by atoms with E-state index in [1.807, 2.05) is 19.1 Å². The van der Waals surface area contributed by atoms with Gasteiger partial charge in [-0.1, -0.05) is 50.2 Å². The minimum Gasteiger partial charge on any atom is -0.507 e. The molecule has 0 aliphatic rings. The van der Waals surface area contributed by atoms with E-state index in [1.165, 1.54) is 11.9 Å². The first-order valence-corrected chi connectivity index (χ1v) is 11.6. The molecule has 8 nitrogen and oxygen atoms in total. The van der Waals surface area contributed by atoms with E-state index in [0.29, 0.717) is 11.3 Å². The van der Waals surface area contributed by atoms with Crippen molar-refractivity contribution in [1.82, 2.24) is 10.2 Å². The smallest absolute Gasteiger partial charge is 0.408 e. The van der Waals surface area contributed by atoms with E-state index < -0.39 is 35.6 Å². The fraction of sp³-hybridized carbons (Fsp3) is 0.444. The Morgan fingerprint density at radius 1 is 0.971 bits per heavy atom. The number of carbonyl (C=O) groups excluding carboxylic acids is 3. The van der Waals surface area contributed by atoms with Gasteiger partial charge < -0.3 is 25.4 Å². The predicted octanol–water partition coefficient (Wildman–Crippen LogP) is 4.70. The average molecular weight is 484 g/mol. The average Bonchev–Trinajstić information content (AvgIpc) is 2.74. The maximum absolute atomic E-state index is 13.6. The van der Waals surface area contributed by atoms with Crippen molar-refractivity contribution in [3.8, 4) is 5.75 Å². The van der Waals surface area contributed by atoms with Crippen LogP contribution in [0.15, 0.2) is 42.5 Å². The van der Waals surface area contributed by atoms with Gasteiger partial charge in [-0.3, -0.25) is 9.59 Å². The van der Waals surface area contributed by atoms with Crippen LogP contribution in [0.3, 0.4) is 0 Å². The van der Waals surface area contributed by atoms with Crippen LogP contribution in [0.4, 0.5) is 10.5 Å². The van der Waals surface area contributed by atoms with Crippen LogP contribution < -0.4 is 10.6 Å². The molecule has 3 N–H and O–H groups in total. The number of hydrogen-bond donors (Lipinski definition) is 3. The summed E-state index contributed by atoms with van der Waals surface area (Å²) in [6.07, 6.45) is -0.725. The Morgan fingerprint density at radius 3 is 2.14 bits per heavy atom. The van der Waals surface area contributed by atoms with Crippen LogP contribution in [0.1, 0.15) is 57.4 Å². The molecule has 0 aliphatic heterocycles. The van der Waals surface area contributed by atoms with Crippen LogP contribution in [0, 0.1) is 19.8 Å². The zero-order chi connectivity index (χ0) is 26.5. The molecule has 0 aromatic heterocycles. The van der Waals surface area contributed by atoms with Crippen LogP contribution in [0.2, 0.25) is 0 Å². The van der Waals surface area contributed by atoms with Crippen molar-refractivity contribution >= 4 is 23.6 Å². The summed E-state index contributed by atoms with van der Waals surface area (Å²) in [5.41, 5.74) is 1.58. The molecule has 0 spiro atoms. The second-order valence-corrected chi connectivity index (χ2v) is 10.0. The summed E-state index contributed by atoms with van der Waals surface area (Å²) in [6.45, 7) is 12.4. The van der Waals surface area contributed by atoms with Gasteiger partial charge in [0.25, 0.3) is 5.91 Å². The van der Waals surface area contributed by atoms with E-state index in [9.17, 15) is 19.5 Å². The standard InChI is InChI=1S/C27H37N3O5/c1-16(2)21(29-26(34)35-27(5,6)7)25(33)30(8)22(19-14-11-13-18(4)23(19)31)24(32)28-20-15-10-9-12-17(20)3/h9-16,21-22,31H,1-8H3,(H,28,32)(H,29,34). The summed E-state index contributed by atoms with van der Waals surface area (Å²) >= 11 is 0. The molecule has 0 saturated carbocycles. The normalized spacial score (nSPS) is 13.1. The molecule has 2 rings (SSSR count). The number of carbonyl (C=O) groups is 3. The zero-order valence-electron chi connectivity index (χ0n) is 21.8. The topological polar surface area (TPSA) is 108 Å². The highest BCUT2D eigenvalue weighted by molar-refractivity contribution is 5.99. The van der Waals surface area contributed by atoms with Gasteiger partial charge in [0.15, 0.2) is 0 Å². The van der Waals surface area contributed by atoms with E-state index in [2.05, 4.69) is 10.6 Å². The summed E-state index contributed by atoms with van der Waals surface area (Å²) in [6, 6.07) is 10.2. The molecule has 0 heterocycles. The van der Waals surface area contributed by atoms with Crippen molar-refractivity contribution in [3.05, 3.63) is 59.2 Å². The van der Waals surface area contributed by atoms with Gasteiger partial charge in [0, 0.05) is 18.3 Å². The molecule has 2 unspecified atom stereocenters. The second-order valence-electron chi connectivity index (χ2n) is 10.0. The van der Waals surface area contributed by atoms with Crippen LogP contribution in [0.25, 0.3) is 0 Å². The third-order valence-corrected chi connectivity index (χ3v) is 5.55. The third-order valence-electron chi connectivity index (χ3n) is 5.55. The molecular formula is C27H37N3O5. The molecule has 8 heteroatoms. The molecule has 2 atom stereocenters. The molecule has 35 heavy (non-hydrogen) atoms. The van der Waals surface area contributed by atoms with Gasteiger partial charge in [-0.05, 0) is 57.7 Å². The number of aromatic hydroxyl groups is 1. The van der Waals surface area contributed by atoms with Gasteiger partial charge in [-0.15, -0.1) is 0 Å². The van der Waals surface area contributed by atoms with Crippen molar-refractivity contribution in [2.75, 3.05) is 12.4 Å². The number of rotatable bonds is 7. The largest absolute Gasteiger partial charge is 0.507 e. The molecular weight excluding hydrogens is 446 g/mol. The summed E-state index contributed by atoms with van der Waals surface area (Å²) in [4.78, 5) is 40.8. The number of likely N-dealkylation sites (N-methyl/N-ethyl adjacent to an activating group) is 1. The number of ether oxygens (including phenoxy) is 1. The Kier molecular flexibility index (Phi) is 8.90. The first kappa shape index (κ1) is 27.7.